The summed E-state index contributed by atoms with van der Waals surface area (Å²) in [5.74, 6) is 0.600. The molecule has 0 unspecified atom stereocenters. The predicted molar refractivity (Wildman–Crippen MR) is 126 cm³/mol. The first-order chi connectivity index (χ1) is 14.8. The van der Waals surface area contributed by atoms with E-state index in [2.05, 4.69) is 0 Å². The molecule has 0 saturated carbocycles. The Morgan fingerprint density at radius 1 is 1.26 bits per heavy atom. The molecule has 1 fully saturated rings. The van der Waals surface area contributed by atoms with Crippen molar-refractivity contribution in [2.24, 2.45) is 0 Å². The fourth-order valence-electron chi connectivity index (χ4n) is 2.91. The molecule has 0 radical (unpaired) electrons. The minimum absolute atomic E-state index is 0.0167. The number of rotatable bonds is 8. The van der Waals surface area contributed by atoms with Crippen molar-refractivity contribution in [3.63, 3.8) is 0 Å². The Bertz CT molecular complexity index is 1070. The monoisotopic (exact) mass is 478 g/mol. The van der Waals surface area contributed by atoms with Crippen molar-refractivity contribution in [2.45, 2.75) is 20.5 Å². The Morgan fingerprint density at radius 2 is 2.03 bits per heavy atom. The zero-order chi connectivity index (χ0) is 22.5. The van der Waals surface area contributed by atoms with Gasteiger partial charge in [0.05, 0.1) is 21.5 Å². The molecule has 10 heteroatoms. The molecule has 1 saturated heterocycles. The second-order valence-corrected chi connectivity index (χ2v) is 8.49. The molecule has 2 aromatic carbocycles. The molecule has 0 bridgehead atoms. The highest BCUT2D eigenvalue weighted by Gasteiger charge is 2.30. The minimum Gasteiger partial charge on any atom is -0.490 e. The number of nitrogens with zero attached hydrogens (tertiary/aromatic N) is 2. The number of thiocarbonyl (C=S) groups is 1. The van der Waals surface area contributed by atoms with Crippen molar-refractivity contribution >= 4 is 57.6 Å². The number of benzene rings is 2. The fraction of sp³-hybridized carbons (Fsp3) is 0.238. The van der Waals surface area contributed by atoms with Crippen LogP contribution < -0.4 is 9.47 Å². The molecule has 3 rings (SSSR count). The van der Waals surface area contributed by atoms with Gasteiger partial charge in [-0.3, -0.25) is 19.8 Å². The second-order valence-electron chi connectivity index (χ2n) is 6.40. The van der Waals surface area contributed by atoms with Gasteiger partial charge in [-0.15, -0.1) is 0 Å². The Hall–Kier alpha value is -2.62. The Kier molecular flexibility index (Phi) is 7.53. The summed E-state index contributed by atoms with van der Waals surface area (Å²) in [7, 11) is 0. The van der Waals surface area contributed by atoms with Crippen molar-refractivity contribution < 1.29 is 19.2 Å². The van der Waals surface area contributed by atoms with Crippen LogP contribution >= 0.6 is 35.6 Å². The van der Waals surface area contributed by atoms with Gasteiger partial charge in [0.1, 0.15) is 10.9 Å². The van der Waals surface area contributed by atoms with Crippen LogP contribution in [0.5, 0.6) is 11.5 Å². The van der Waals surface area contributed by atoms with Crippen molar-refractivity contribution in [3.8, 4) is 11.5 Å². The van der Waals surface area contributed by atoms with Gasteiger partial charge in [0, 0.05) is 18.7 Å². The summed E-state index contributed by atoms with van der Waals surface area (Å²) in [6.07, 6.45) is 1.72. The zero-order valence-corrected chi connectivity index (χ0v) is 19.2. The third-order valence-electron chi connectivity index (χ3n) is 4.32. The van der Waals surface area contributed by atoms with Gasteiger partial charge in [0.2, 0.25) is 0 Å². The first-order valence-corrected chi connectivity index (χ1v) is 11.0. The molecule has 1 heterocycles. The quantitative estimate of drug-likeness (QED) is 0.216. The molecule has 0 N–H and O–H groups in total. The van der Waals surface area contributed by atoms with Crippen LogP contribution in [0.4, 0.5) is 5.69 Å². The van der Waals surface area contributed by atoms with E-state index in [1.54, 1.807) is 30.3 Å². The molecule has 0 aliphatic carbocycles. The van der Waals surface area contributed by atoms with Crippen LogP contribution in [-0.2, 0) is 11.4 Å². The van der Waals surface area contributed by atoms with E-state index in [9.17, 15) is 14.9 Å². The number of carbonyl (C=O) groups excluding carboxylic acids is 1. The van der Waals surface area contributed by atoms with Gasteiger partial charge in [0.15, 0.2) is 11.5 Å². The average molecular weight is 479 g/mol. The minimum atomic E-state index is -0.460. The number of nitro benzene ring substituents is 1. The summed E-state index contributed by atoms with van der Waals surface area (Å²) in [6, 6.07) is 9.58. The maximum Gasteiger partial charge on any atom is 0.269 e. The highest BCUT2D eigenvalue weighted by atomic mass is 35.5. The lowest BCUT2D eigenvalue weighted by Gasteiger charge is -2.15. The maximum absolute atomic E-state index is 12.5. The molecule has 0 spiro atoms. The summed E-state index contributed by atoms with van der Waals surface area (Å²) < 4.78 is 12.0. The fourth-order valence-corrected chi connectivity index (χ4v) is 4.57. The van der Waals surface area contributed by atoms with E-state index < -0.39 is 4.92 Å². The van der Waals surface area contributed by atoms with Gasteiger partial charge in [-0.2, -0.15) is 0 Å². The molecule has 1 aliphatic rings. The summed E-state index contributed by atoms with van der Waals surface area (Å²) >= 11 is 12.9. The van der Waals surface area contributed by atoms with Crippen molar-refractivity contribution in [2.75, 3.05) is 13.2 Å². The number of nitro groups is 1. The van der Waals surface area contributed by atoms with E-state index in [4.69, 9.17) is 33.3 Å². The Balaban J connectivity index is 1.86. The third kappa shape index (κ3) is 5.36. The second kappa shape index (κ2) is 10.1. The number of halogens is 1. The molecule has 1 amide bonds. The summed E-state index contributed by atoms with van der Waals surface area (Å²) in [5, 5.41) is 11.3. The van der Waals surface area contributed by atoms with Gasteiger partial charge in [0.25, 0.3) is 11.6 Å². The lowest BCUT2D eigenvalue weighted by Crippen LogP contribution is -2.27. The van der Waals surface area contributed by atoms with E-state index in [0.29, 0.717) is 50.0 Å². The zero-order valence-electron chi connectivity index (χ0n) is 16.8. The molecule has 1 aliphatic heterocycles. The van der Waals surface area contributed by atoms with E-state index in [-0.39, 0.29) is 18.2 Å². The molecule has 31 heavy (non-hydrogen) atoms. The normalized spacial score (nSPS) is 14.9. The van der Waals surface area contributed by atoms with E-state index >= 15 is 0 Å². The van der Waals surface area contributed by atoms with Crippen molar-refractivity contribution in [1.82, 2.24) is 4.90 Å². The molecule has 162 valence electrons. The number of likely N-dealkylation sites (N-methyl/N-ethyl adjacent to an activating group) is 1. The standard InChI is InChI=1S/C21H19ClN2O5S2/c1-3-23-20(25)18(31-21(23)30)11-14-9-16(22)19(17(10-14)28-4-2)29-12-13-6-5-7-15(8-13)24(26)27/h5-11H,3-4,12H2,1-2H3. The highest BCUT2D eigenvalue weighted by molar-refractivity contribution is 8.26. The number of thioether (sulfide) groups is 1. The molecule has 0 aromatic heterocycles. The van der Waals surface area contributed by atoms with Crippen LogP contribution in [0.15, 0.2) is 41.3 Å². The van der Waals surface area contributed by atoms with Gasteiger partial charge in [-0.1, -0.05) is 47.7 Å². The Morgan fingerprint density at radius 3 is 2.68 bits per heavy atom. The van der Waals surface area contributed by atoms with Crippen LogP contribution in [0.3, 0.4) is 0 Å². The van der Waals surface area contributed by atoms with E-state index in [1.807, 2.05) is 13.8 Å². The summed E-state index contributed by atoms with van der Waals surface area (Å²) in [5.41, 5.74) is 1.28. The average Bonchev–Trinajstić information content (AvgIpc) is 3.00. The first kappa shape index (κ1) is 23.1. The number of non-ortho nitro benzene ring substituents is 1. The van der Waals surface area contributed by atoms with Crippen molar-refractivity contribution in [1.29, 1.82) is 0 Å². The molecule has 7 nitrogen and oxygen atoms in total. The van der Waals surface area contributed by atoms with E-state index in [0.717, 1.165) is 0 Å². The summed E-state index contributed by atoms with van der Waals surface area (Å²) in [4.78, 5) is 25.0. The number of hydrogen-bond donors (Lipinski definition) is 0. The van der Waals surface area contributed by atoms with E-state index in [1.165, 1.54) is 28.8 Å². The Labute approximate surface area is 194 Å². The molecular formula is C21H19ClN2O5S2. The van der Waals surface area contributed by atoms with Gasteiger partial charge in [-0.05, 0) is 43.2 Å². The SMILES string of the molecule is CCOc1cc(C=C2SC(=S)N(CC)C2=O)cc(Cl)c1OCc1cccc([N+](=O)[O-])c1. The molecule has 0 atom stereocenters. The molecule has 2 aromatic rings. The number of hydrogen-bond acceptors (Lipinski definition) is 7. The summed E-state index contributed by atoms with van der Waals surface area (Å²) in [6.45, 7) is 4.67. The predicted octanol–water partition coefficient (Wildman–Crippen LogP) is 5.45. The third-order valence-corrected chi connectivity index (χ3v) is 5.98. The van der Waals surface area contributed by atoms with Gasteiger partial charge < -0.3 is 9.47 Å². The lowest BCUT2D eigenvalue weighted by molar-refractivity contribution is -0.384. The van der Waals surface area contributed by atoms with Crippen LogP contribution in [-0.4, -0.2) is 33.2 Å². The molecular weight excluding hydrogens is 460 g/mol. The maximum atomic E-state index is 12.5. The van der Waals surface area contributed by atoms with Gasteiger partial charge >= 0.3 is 0 Å². The van der Waals surface area contributed by atoms with Gasteiger partial charge in [-0.25, -0.2) is 0 Å². The van der Waals surface area contributed by atoms with Crippen molar-refractivity contribution in [3.05, 3.63) is 67.6 Å². The van der Waals surface area contributed by atoms with Crippen LogP contribution in [0.2, 0.25) is 5.02 Å². The van der Waals surface area contributed by atoms with Crippen LogP contribution in [0.25, 0.3) is 6.08 Å². The van der Waals surface area contributed by atoms with Crippen LogP contribution in [0.1, 0.15) is 25.0 Å². The first-order valence-electron chi connectivity index (χ1n) is 9.41. The largest absolute Gasteiger partial charge is 0.490 e. The van der Waals surface area contributed by atoms with Crippen LogP contribution in [0, 0.1) is 10.1 Å². The number of ether oxygens (including phenoxy) is 2. The number of amides is 1. The smallest absolute Gasteiger partial charge is 0.269 e. The topological polar surface area (TPSA) is 81.9 Å². The highest BCUT2D eigenvalue weighted by Crippen LogP contribution is 2.39. The number of carbonyl (C=O) groups is 1. The lowest BCUT2D eigenvalue weighted by atomic mass is 10.1.